The zero-order valence-corrected chi connectivity index (χ0v) is 12.1. The van der Waals surface area contributed by atoms with Gasteiger partial charge in [-0.05, 0) is 43.2 Å². The molecule has 0 bridgehead atoms. The van der Waals surface area contributed by atoms with Crippen LogP contribution in [0.5, 0.6) is 0 Å². The smallest absolute Gasteiger partial charge is 0.238 e. The van der Waals surface area contributed by atoms with E-state index in [4.69, 9.17) is 0 Å². The van der Waals surface area contributed by atoms with E-state index in [0.717, 1.165) is 6.54 Å². The maximum atomic E-state index is 11.8. The van der Waals surface area contributed by atoms with Crippen molar-refractivity contribution in [1.29, 1.82) is 0 Å². The maximum Gasteiger partial charge on any atom is 0.238 e. The van der Waals surface area contributed by atoms with Crippen molar-refractivity contribution in [2.24, 2.45) is 0 Å². The van der Waals surface area contributed by atoms with E-state index in [1.54, 1.807) is 19.0 Å². The van der Waals surface area contributed by atoms with Crippen LogP contribution in [0.25, 0.3) is 0 Å². The second-order valence-corrected chi connectivity index (χ2v) is 5.65. The highest BCUT2D eigenvalue weighted by Gasteiger charge is 2.21. The molecule has 1 aliphatic rings. The number of benzene rings is 1. The first kappa shape index (κ1) is 14.1. The molecule has 1 aromatic rings. The van der Waals surface area contributed by atoms with Crippen LogP contribution in [0, 0.1) is 0 Å². The predicted molar refractivity (Wildman–Crippen MR) is 78.3 cm³/mol. The Labute approximate surface area is 116 Å². The molecule has 3 heteroatoms. The third-order valence-corrected chi connectivity index (χ3v) is 3.98. The normalized spacial score (nSPS) is 19.6. The zero-order valence-electron chi connectivity index (χ0n) is 12.1. The van der Waals surface area contributed by atoms with Crippen molar-refractivity contribution in [2.45, 2.75) is 38.1 Å². The van der Waals surface area contributed by atoms with Gasteiger partial charge in [0.2, 0.25) is 5.91 Å². The van der Waals surface area contributed by atoms with E-state index in [1.807, 2.05) is 6.92 Å². The molecule has 0 aliphatic heterocycles. The summed E-state index contributed by atoms with van der Waals surface area (Å²) in [5.74, 6) is 0.687. The lowest BCUT2D eigenvalue weighted by Crippen LogP contribution is -2.43. The van der Waals surface area contributed by atoms with Gasteiger partial charge < -0.3 is 10.2 Å². The average molecular weight is 260 g/mol. The number of likely N-dealkylation sites (N-methyl/N-ethyl adjacent to an activating group) is 1. The van der Waals surface area contributed by atoms with E-state index in [1.165, 1.54) is 30.4 Å². The molecule has 2 unspecified atom stereocenters. The molecule has 0 saturated heterocycles. The number of hydrogen-bond acceptors (Lipinski definition) is 2. The van der Waals surface area contributed by atoms with Gasteiger partial charge in [-0.2, -0.15) is 0 Å². The summed E-state index contributed by atoms with van der Waals surface area (Å²) in [5.41, 5.74) is 2.94. The van der Waals surface area contributed by atoms with Crippen molar-refractivity contribution in [3.63, 3.8) is 0 Å². The second-order valence-electron chi connectivity index (χ2n) is 5.65. The van der Waals surface area contributed by atoms with Gasteiger partial charge in [-0.1, -0.05) is 24.3 Å². The SMILES string of the molecule is CC(NCC1CCCc2ccccc21)C(=O)N(C)C. The highest BCUT2D eigenvalue weighted by molar-refractivity contribution is 5.80. The molecule has 0 saturated carbocycles. The average Bonchev–Trinajstić information content (AvgIpc) is 2.43. The topological polar surface area (TPSA) is 32.3 Å². The minimum Gasteiger partial charge on any atom is -0.347 e. The first-order valence-corrected chi connectivity index (χ1v) is 7.12. The monoisotopic (exact) mass is 260 g/mol. The van der Waals surface area contributed by atoms with Crippen LogP contribution in [0.2, 0.25) is 0 Å². The Bertz CT molecular complexity index is 442. The van der Waals surface area contributed by atoms with Crippen molar-refractivity contribution in [3.05, 3.63) is 35.4 Å². The van der Waals surface area contributed by atoms with Crippen molar-refractivity contribution in [3.8, 4) is 0 Å². The highest BCUT2D eigenvalue weighted by atomic mass is 16.2. The van der Waals surface area contributed by atoms with Gasteiger partial charge in [0.25, 0.3) is 0 Å². The summed E-state index contributed by atoms with van der Waals surface area (Å²) in [6.45, 7) is 2.83. The van der Waals surface area contributed by atoms with Gasteiger partial charge in [0.15, 0.2) is 0 Å². The van der Waals surface area contributed by atoms with Crippen LogP contribution < -0.4 is 5.32 Å². The fraction of sp³-hybridized carbons (Fsp3) is 0.562. The minimum absolute atomic E-state index is 0.107. The molecule has 0 aromatic heterocycles. The predicted octanol–water partition coefficient (Wildman–Crippen LogP) is 2.17. The Morgan fingerprint density at radius 3 is 2.89 bits per heavy atom. The van der Waals surface area contributed by atoms with E-state index in [2.05, 4.69) is 29.6 Å². The number of nitrogens with zero attached hydrogens (tertiary/aromatic N) is 1. The third kappa shape index (κ3) is 3.35. The van der Waals surface area contributed by atoms with Gasteiger partial charge in [0, 0.05) is 20.6 Å². The Morgan fingerprint density at radius 2 is 2.16 bits per heavy atom. The highest BCUT2D eigenvalue weighted by Crippen LogP contribution is 2.30. The van der Waals surface area contributed by atoms with Gasteiger partial charge in [-0.3, -0.25) is 4.79 Å². The lowest BCUT2D eigenvalue weighted by molar-refractivity contribution is -0.130. The van der Waals surface area contributed by atoms with Gasteiger partial charge in [-0.15, -0.1) is 0 Å². The molecule has 104 valence electrons. The summed E-state index contributed by atoms with van der Waals surface area (Å²) in [6, 6.07) is 8.59. The molecular formula is C16H24N2O. The van der Waals surface area contributed by atoms with Crippen LogP contribution >= 0.6 is 0 Å². The van der Waals surface area contributed by atoms with Crippen LogP contribution in [0.1, 0.15) is 36.8 Å². The Balaban J connectivity index is 1.96. The van der Waals surface area contributed by atoms with Gasteiger partial charge >= 0.3 is 0 Å². The molecule has 1 aromatic carbocycles. The first-order chi connectivity index (χ1) is 9.09. The van der Waals surface area contributed by atoms with Crippen LogP contribution in [0.4, 0.5) is 0 Å². The quantitative estimate of drug-likeness (QED) is 0.900. The van der Waals surface area contributed by atoms with Crippen LogP contribution in [-0.2, 0) is 11.2 Å². The van der Waals surface area contributed by atoms with E-state index < -0.39 is 0 Å². The van der Waals surface area contributed by atoms with Crippen molar-refractivity contribution in [1.82, 2.24) is 10.2 Å². The Kier molecular flexibility index (Phi) is 4.59. The second kappa shape index (κ2) is 6.20. The van der Waals surface area contributed by atoms with Crippen molar-refractivity contribution < 1.29 is 4.79 Å². The summed E-state index contributed by atoms with van der Waals surface area (Å²) in [5, 5.41) is 3.38. The lowest BCUT2D eigenvalue weighted by Gasteiger charge is -2.27. The van der Waals surface area contributed by atoms with Gasteiger partial charge in [-0.25, -0.2) is 0 Å². The van der Waals surface area contributed by atoms with E-state index >= 15 is 0 Å². The molecule has 2 rings (SSSR count). The summed E-state index contributed by atoms with van der Waals surface area (Å²) >= 11 is 0. The zero-order chi connectivity index (χ0) is 13.8. The molecule has 0 heterocycles. The molecule has 1 N–H and O–H groups in total. The Morgan fingerprint density at radius 1 is 1.42 bits per heavy atom. The fourth-order valence-electron chi connectivity index (χ4n) is 2.86. The van der Waals surface area contributed by atoms with E-state index in [0.29, 0.717) is 5.92 Å². The van der Waals surface area contributed by atoms with Crippen LogP contribution in [-0.4, -0.2) is 37.5 Å². The third-order valence-electron chi connectivity index (χ3n) is 3.98. The number of carbonyl (C=O) groups is 1. The molecule has 3 nitrogen and oxygen atoms in total. The number of hydrogen-bond donors (Lipinski definition) is 1. The van der Waals surface area contributed by atoms with Crippen molar-refractivity contribution in [2.75, 3.05) is 20.6 Å². The summed E-state index contributed by atoms with van der Waals surface area (Å²) in [6.07, 6.45) is 3.66. The van der Waals surface area contributed by atoms with Gasteiger partial charge in [0.05, 0.1) is 6.04 Å². The fourth-order valence-corrected chi connectivity index (χ4v) is 2.86. The number of aryl methyl sites for hydroxylation is 1. The molecule has 0 spiro atoms. The van der Waals surface area contributed by atoms with E-state index in [-0.39, 0.29) is 11.9 Å². The van der Waals surface area contributed by atoms with Crippen molar-refractivity contribution >= 4 is 5.91 Å². The largest absolute Gasteiger partial charge is 0.347 e. The van der Waals surface area contributed by atoms with E-state index in [9.17, 15) is 4.79 Å². The molecule has 19 heavy (non-hydrogen) atoms. The maximum absolute atomic E-state index is 11.8. The first-order valence-electron chi connectivity index (χ1n) is 7.12. The van der Waals surface area contributed by atoms with Crippen LogP contribution in [0.15, 0.2) is 24.3 Å². The Hall–Kier alpha value is -1.35. The number of rotatable bonds is 4. The molecule has 0 radical (unpaired) electrons. The van der Waals surface area contributed by atoms with Gasteiger partial charge in [0.1, 0.15) is 0 Å². The minimum atomic E-state index is -0.107. The molecule has 2 atom stereocenters. The lowest BCUT2D eigenvalue weighted by atomic mass is 9.83. The number of amides is 1. The molecule has 1 amide bonds. The molecular weight excluding hydrogens is 236 g/mol. The summed E-state index contributed by atoms with van der Waals surface area (Å²) < 4.78 is 0. The van der Waals surface area contributed by atoms with Crippen LogP contribution in [0.3, 0.4) is 0 Å². The summed E-state index contributed by atoms with van der Waals surface area (Å²) in [7, 11) is 3.60. The standard InChI is InChI=1S/C16H24N2O/c1-12(16(19)18(2)3)17-11-14-9-6-8-13-7-4-5-10-15(13)14/h4-5,7,10,12,14,17H,6,8-9,11H2,1-3H3. The summed E-state index contributed by atoms with van der Waals surface area (Å²) in [4.78, 5) is 13.5. The molecule has 0 fully saturated rings. The number of nitrogens with one attached hydrogen (secondary N) is 1. The number of fused-ring (bicyclic) bond motifs is 1. The molecule has 1 aliphatic carbocycles. The number of carbonyl (C=O) groups excluding carboxylic acids is 1.